The lowest BCUT2D eigenvalue weighted by Gasteiger charge is -2.16. The normalized spacial score (nSPS) is 12.1. The third-order valence-electron chi connectivity index (χ3n) is 16.5. The number of fused-ring (bicyclic) bond motifs is 22. The number of rotatable bonds is 4. The molecule has 13 aromatic carbocycles. The van der Waals surface area contributed by atoms with Crippen LogP contribution in [0.15, 0.2) is 255 Å². The first kappa shape index (κ1) is 42.9. The first-order valence-electron chi connectivity index (χ1n) is 26.7. The number of hydrogen-bond acceptors (Lipinski definition) is 4. The smallest absolute Gasteiger partial charge is 0.0972 e. The van der Waals surface area contributed by atoms with E-state index in [1.54, 1.807) is 0 Å². The van der Waals surface area contributed by atoms with Gasteiger partial charge in [0.15, 0.2) is 0 Å². The molecule has 0 spiro atoms. The largest absolute Gasteiger partial charge is 0.245 e. The summed E-state index contributed by atoms with van der Waals surface area (Å²) in [5.41, 5.74) is 11.3. The van der Waals surface area contributed by atoms with Crippen molar-refractivity contribution in [3.8, 4) is 45.0 Å². The summed E-state index contributed by atoms with van der Waals surface area (Å²) in [5.74, 6) is 0. The van der Waals surface area contributed by atoms with E-state index in [0.717, 1.165) is 88.6 Å². The van der Waals surface area contributed by atoms with Gasteiger partial charge in [0.05, 0.1) is 44.8 Å². The van der Waals surface area contributed by atoms with Crippen molar-refractivity contribution in [2.75, 3.05) is 0 Å². The second-order valence-electron chi connectivity index (χ2n) is 20.8. The summed E-state index contributed by atoms with van der Waals surface area (Å²) in [5, 5.41) is 24.0. The Morgan fingerprint density at radius 1 is 0.179 bits per heavy atom. The van der Waals surface area contributed by atoms with Crippen molar-refractivity contribution >= 4 is 130 Å². The van der Waals surface area contributed by atoms with E-state index in [4.69, 9.17) is 19.9 Å². The molecule has 4 heterocycles. The third kappa shape index (κ3) is 6.35. The minimum atomic E-state index is 0.872. The molecule has 358 valence electrons. The van der Waals surface area contributed by atoms with Crippen LogP contribution in [0.2, 0.25) is 0 Å². The summed E-state index contributed by atoms with van der Waals surface area (Å²) in [6.07, 6.45) is 0. The Bertz CT molecular complexity index is 5130. The maximum Gasteiger partial charge on any atom is 0.0972 e. The van der Waals surface area contributed by atoms with Crippen molar-refractivity contribution in [3.63, 3.8) is 0 Å². The van der Waals surface area contributed by atoms with Gasteiger partial charge in [0.1, 0.15) is 0 Å². The maximum atomic E-state index is 5.52. The zero-order valence-corrected chi connectivity index (χ0v) is 42.0. The Morgan fingerprint density at radius 3 is 0.795 bits per heavy atom. The van der Waals surface area contributed by atoms with Crippen molar-refractivity contribution in [2.24, 2.45) is 0 Å². The highest BCUT2D eigenvalue weighted by atomic mass is 14.8. The summed E-state index contributed by atoms with van der Waals surface area (Å²) in [6.45, 7) is 0. The average molecular weight is 987 g/mol. The molecule has 0 bridgehead atoms. The van der Waals surface area contributed by atoms with Crippen molar-refractivity contribution in [1.82, 2.24) is 19.9 Å². The van der Waals surface area contributed by atoms with E-state index in [9.17, 15) is 0 Å². The molecule has 4 aromatic heterocycles. The van der Waals surface area contributed by atoms with E-state index >= 15 is 0 Å². The molecule has 0 aliphatic carbocycles. The quantitative estimate of drug-likeness (QED) is 0.165. The van der Waals surface area contributed by atoms with E-state index in [0.29, 0.717) is 0 Å². The van der Waals surface area contributed by atoms with Crippen LogP contribution in [0.1, 0.15) is 0 Å². The fourth-order valence-corrected chi connectivity index (χ4v) is 13.0. The minimum absolute atomic E-state index is 0.872. The van der Waals surface area contributed by atoms with Gasteiger partial charge in [-0.05, 0) is 129 Å². The van der Waals surface area contributed by atoms with Crippen LogP contribution < -0.4 is 0 Å². The monoisotopic (exact) mass is 986 g/mol. The summed E-state index contributed by atoms with van der Waals surface area (Å²) in [4.78, 5) is 21.9. The Kier molecular flexibility index (Phi) is 9.09. The standard InChI is InChI=1S/C74H42N4/c1-3-20-53-49(16-1)51-18-5-9-24-57(51)69-59-26-11-7-22-55(59)61(41-63(53)69)67-38-34-45-30-28-43-32-36-65(75-71(43)73(45)77-67)47-14-13-15-48(40-47)66-37-33-44-29-31-46-35-39-68(78-74(46)72(44)76-66)62-42-64-54-21-4-2-17-50(54)52-19-6-10-25-58(52)70(64)60-27-12-8-23-56(60)62/h1-42H. The lowest BCUT2D eigenvalue weighted by atomic mass is 9.88. The van der Waals surface area contributed by atoms with Gasteiger partial charge < -0.3 is 0 Å². The maximum absolute atomic E-state index is 5.52. The van der Waals surface area contributed by atoms with Gasteiger partial charge in [-0.25, -0.2) is 19.9 Å². The van der Waals surface area contributed by atoms with Gasteiger partial charge in [0.2, 0.25) is 0 Å². The molecule has 4 heteroatoms. The molecule has 0 radical (unpaired) electrons. The molecule has 0 saturated heterocycles. The minimum Gasteiger partial charge on any atom is -0.245 e. The summed E-state index contributed by atoms with van der Waals surface area (Å²) < 4.78 is 0. The van der Waals surface area contributed by atoms with Crippen LogP contribution in [0, 0.1) is 0 Å². The highest BCUT2D eigenvalue weighted by Crippen LogP contribution is 2.45. The molecule has 78 heavy (non-hydrogen) atoms. The topological polar surface area (TPSA) is 51.6 Å². The zero-order valence-electron chi connectivity index (χ0n) is 42.0. The van der Waals surface area contributed by atoms with E-state index in [-0.39, 0.29) is 0 Å². The summed E-state index contributed by atoms with van der Waals surface area (Å²) in [6, 6.07) is 92.1. The molecule has 0 aliphatic rings. The van der Waals surface area contributed by atoms with Crippen LogP contribution in [0.25, 0.3) is 175 Å². The van der Waals surface area contributed by atoms with E-state index in [1.807, 2.05) is 0 Å². The van der Waals surface area contributed by atoms with Gasteiger partial charge in [-0.3, -0.25) is 0 Å². The number of benzene rings is 13. The van der Waals surface area contributed by atoms with Gasteiger partial charge in [0, 0.05) is 43.8 Å². The first-order chi connectivity index (χ1) is 38.7. The van der Waals surface area contributed by atoms with E-state index in [1.165, 1.54) is 86.2 Å². The second-order valence-corrected chi connectivity index (χ2v) is 20.8. The predicted octanol–water partition coefficient (Wildman–Crippen LogP) is 19.8. The van der Waals surface area contributed by atoms with Crippen LogP contribution >= 0.6 is 0 Å². The van der Waals surface area contributed by atoms with Crippen LogP contribution in [-0.4, -0.2) is 19.9 Å². The van der Waals surface area contributed by atoms with Gasteiger partial charge >= 0.3 is 0 Å². The predicted molar refractivity (Wildman–Crippen MR) is 329 cm³/mol. The molecule has 0 N–H and O–H groups in total. The number of hydrogen-bond donors (Lipinski definition) is 0. The van der Waals surface area contributed by atoms with E-state index in [2.05, 4.69) is 255 Å². The molecular formula is C74H42N4. The van der Waals surface area contributed by atoms with Crippen molar-refractivity contribution in [1.29, 1.82) is 0 Å². The van der Waals surface area contributed by atoms with Gasteiger partial charge in [0.25, 0.3) is 0 Å². The first-order valence-corrected chi connectivity index (χ1v) is 26.7. The second kappa shape index (κ2) is 16.5. The molecule has 0 saturated carbocycles. The molecule has 0 fully saturated rings. The molecular weight excluding hydrogens is 945 g/mol. The Labute approximate surface area is 447 Å². The SMILES string of the molecule is c1cc(-c2ccc3ccc4ccc(-c5cc6c7ccccc7c7ccccc7c6c6ccccc56)nc4c3n2)cc(-c2ccc3ccc4ccc(-c5cc6c7ccccc7c7ccccc7c6c6ccccc56)nc4c3n2)c1. The van der Waals surface area contributed by atoms with Crippen molar-refractivity contribution < 1.29 is 0 Å². The van der Waals surface area contributed by atoms with Gasteiger partial charge in [-0.1, -0.05) is 212 Å². The van der Waals surface area contributed by atoms with Crippen molar-refractivity contribution in [3.05, 3.63) is 255 Å². The fourth-order valence-electron chi connectivity index (χ4n) is 13.0. The molecule has 0 unspecified atom stereocenters. The zero-order chi connectivity index (χ0) is 51.0. The number of pyridine rings is 4. The molecule has 0 atom stereocenters. The molecule has 4 nitrogen and oxygen atoms in total. The summed E-state index contributed by atoms with van der Waals surface area (Å²) in [7, 11) is 0. The number of nitrogens with zero attached hydrogens (tertiary/aromatic N) is 4. The molecule has 0 amide bonds. The lowest BCUT2D eigenvalue weighted by Crippen LogP contribution is -1.93. The van der Waals surface area contributed by atoms with Gasteiger partial charge in [-0.15, -0.1) is 0 Å². The Balaban J connectivity index is 0.786. The molecule has 17 rings (SSSR count). The lowest BCUT2D eigenvalue weighted by molar-refractivity contribution is 1.36. The Hall–Kier alpha value is -10.4. The van der Waals surface area contributed by atoms with E-state index < -0.39 is 0 Å². The Morgan fingerprint density at radius 2 is 0.436 bits per heavy atom. The van der Waals surface area contributed by atoms with Crippen molar-refractivity contribution in [2.45, 2.75) is 0 Å². The highest BCUT2D eigenvalue weighted by Gasteiger charge is 2.19. The third-order valence-corrected chi connectivity index (χ3v) is 16.5. The van der Waals surface area contributed by atoms with Crippen LogP contribution in [0.5, 0.6) is 0 Å². The highest BCUT2D eigenvalue weighted by molar-refractivity contribution is 6.34. The van der Waals surface area contributed by atoms with Crippen LogP contribution in [0.3, 0.4) is 0 Å². The van der Waals surface area contributed by atoms with Gasteiger partial charge in [-0.2, -0.15) is 0 Å². The summed E-state index contributed by atoms with van der Waals surface area (Å²) >= 11 is 0. The average Bonchev–Trinajstić information content (AvgIpc) is 3.65. The fraction of sp³-hybridized carbons (Fsp3) is 0. The molecule has 0 aliphatic heterocycles. The number of aromatic nitrogens is 4. The molecule has 17 aromatic rings. The van der Waals surface area contributed by atoms with Crippen LogP contribution in [0.4, 0.5) is 0 Å². The van der Waals surface area contributed by atoms with Crippen LogP contribution in [-0.2, 0) is 0 Å².